The summed E-state index contributed by atoms with van der Waals surface area (Å²) in [4.78, 5) is 36.9. The Morgan fingerprint density at radius 1 is 1.31 bits per heavy atom. The van der Waals surface area contributed by atoms with E-state index in [1.165, 1.54) is 4.90 Å². The fourth-order valence-corrected chi connectivity index (χ4v) is 3.15. The van der Waals surface area contributed by atoms with Crippen LogP contribution >= 0.6 is 0 Å². The van der Waals surface area contributed by atoms with Gasteiger partial charge in [0, 0.05) is 25.1 Å². The maximum absolute atomic E-state index is 12.1. The van der Waals surface area contributed by atoms with Gasteiger partial charge < -0.3 is 15.4 Å². The number of urea groups is 1. The second-order valence-corrected chi connectivity index (χ2v) is 6.58. The van der Waals surface area contributed by atoms with Gasteiger partial charge in [-0.2, -0.15) is 0 Å². The summed E-state index contributed by atoms with van der Waals surface area (Å²) in [6.07, 6.45) is 2.10. The standard InChI is InChI=1S/C18H24N4O4/c1-12-2-3-14(10-15(12)22-9-6-16(23)21-18(22)25)26-11-17(24)20-13-4-7-19-8-5-13/h2-3,10,13,19H,4-9,11H2,1H3,(H,20,24)(H,21,23,25). The first-order valence-electron chi connectivity index (χ1n) is 8.88. The zero-order valence-electron chi connectivity index (χ0n) is 14.8. The van der Waals surface area contributed by atoms with Gasteiger partial charge >= 0.3 is 6.03 Å². The van der Waals surface area contributed by atoms with E-state index in [9.17, 15) is 14.4 Å². The molecule has 1 aromatic rings. The molecule has 2 aliphatic rings. The van der Waals surface area contributed by atoms with Crippen molar-refractivity contribution in [3.8, 4) is 5.75 Å². The average molecular weight is 360 g/mol. The summed E-state index contributed by atoms with van der Waals surface area (Å²) in [7, 11) is 0. The molecule has 0 radical (unpaired) electrons. The minimum absolute atomic E-state index is 0.0723. The molecule has 0 saturated carbocycles. The molecule has 2 fully saturated rings. The van der Waals surface area contributed by atoms with Gasteiger partial charge in [-0.15, -0.1) is 0 Å². The highest BCUT2D eigenvalue weighted by molar-refractivity contribution is 6.06. The molecule has 0 unspecified atom stereocenters. The lowest BCUT2D eigenvalue weighted by Gasteiger charge is -2.28. The van der Waals surface area contributed by atoms with Gasteiger partial charge in [-0.3, -0.25) is 19.8 Å². The number of carbonyl (C=O) groups excluding carboxylic acids is 3. The SMILES string of the molecule is Cc1ccc(OCC(=O)NC2CCNCC2)cc1N1CCC(=O)NC1=O. The Kier molecular flexibility index (Phi) is 5.72. The molecule has 0 aromatic heterocycles. The van der Waals surface area contributed by atoms with E-state index in [-0.39, 0.29) is 30.9 Å². The molecule has 0 atom stereocenters. The van der Waals surface area contributed by atoms with Gasteiger partial charge in [0.25, 0.3) is 5.91 Å². The number of piperidine rings is 1. The fourth-order valence-electron chi connectivity index (χ4n) is 3.15. The number of ether oxygens (including phenoxy) is 1. The molecule has 2 aliphatic heterocycles. The quantitative estimate of drug-likeness (QED) is 0.717. The van der Waals surface area contributed by atoms with Crippen LogP contribution in [-0.4, -0.2) is 50.1 Å². The highest BCUT2D eigenvalue weighted by Crippen LogP contribution is 2.27. The minimum Gasteiger partial charge on any atom is -0.484 e. The Bertz CT molecular complexity index is 700. The number of anilines is 1. The van der Waals surface area contributed by atoms with E-state index >= 15 is 0 Å². The molecular weight excluding hydrogens is 336 g/mol. The van der Waals surface area contributed by atoms with E-state index in [2.05, 4.69) is 16.0 Å². The molecule has 0 aliphatic carbocycles. The second-order valence-electron chi connectivity index (χ2n) is 6.58. The number of amides is 4. The maximum Gasteiger partial charge on any atom is 0.328 e. The summed E-state index contributed by atoms with van der Waals surface area (Å²) in [5, 5.41) is 8.54. The Morgan fingerprint density at radius 2 is 2.08 bits per heavy atom. The first-order valence-corrected chi connectivity index (χ1v) is 8.88. The number of hydrogen-bond acceptors (Lipinski definition) is 5. The Balaban J connectivity index is 1.59. The molecule has 3 rings (SSSR count). The molecule has 1 aromatic carbocycles. The molecule has 8 nitrogen and oxygen atoms in total. The van der Waals surface area contributed by atoms with Gasteiger partial charge in [0.15, 0.2) is 6.61 Å². The number of aryl methyl sites for hydroxylation is 1. The van der Waals surface area contributed by atoms with Crippen LogP contribution in [-0.2, 0) is 9.59 Å². The molecule has 4 amide bonds. The molecule has 0 spiro atoms. The van der Waals surface area contributed by atoms with E-state index in [4.69, 9.17) is 4.74 Å². The summed E-state index contributed by atoms with van der Waals surface area (Å²) in [5.74, 6) is 0.0852. The number of carbonyl (C=O) groups is 3. The number of nitrogens with one attached hydrogen (secondary N) is 3. The van der Waals surface area contributed by atoms with Crippen molar-refractivity contribution >= 4 is 23.5 Å². The smallest absolute Gasteiger partial charge is 0.328 e. The van der Waals surface area contributed by atoms with Crippen molar-refractivity contribution in [2.45, 2.75) is 32.2 Å². The van der Waals surface area contributed by atoms with E-state index < -0.39 is 6.03 Å². The van der Waals surface area contributed by atoms with Crippen LogP contribution in [0.25, 0.3) is 0 Å². The van der Waals surface area contributed by atoms with Gasteiger partial charge in [-0.1, -0.05) is 6.07 Å². The highest BCUT2D eigenvalue weighted by Gasteiger charge is 2.25. The molecular formula is C18H24N4O4. The summed E-state index contributed by atoms with van der Waals surface area (Å²) in [6, 6.07) is 5.08. The molecule has 0 bridgehead atoms. The third kappa shape index (κ3) is 4.51. The van der Waals surface area contributed by atoms with Crippen LogP contribution in [0.4, 0.5) is 10.5 Å². The lowest BCUT2D eigenvalue weighted by molar-refractivity contribution is -0.124. The third-order valence-corrected chi connectivity index (χ3v) is 4.60. The summed E-state index contributed by atoms with van der Waals surface area (Å²) >= 11 is 0. The van der Waals surface area contributed by atoms with Crippen molar-refractivity contribution < 1.29 is 19.1 Å². The monoisotopic (exact) mass is 360 g/mol. The molecule has 140 valence electrons. The first kappa shape index (κ1) is 18.2. The van der Waals surface area contributed by atoms with E-state index in [0.717, 1.165) is 31.5 Å². The van der Waals surface area contributed by atoms with Crippen molar-refractivity contribution in [3.63, 3.8) is 0 Å². The van der Waals surface area contributed by atoms with Crippen molar-refractivity contribution in [2.75, 3.05) is 31.1 Å². The molecule has 8 heteroatoms. The molecule has 2 saturated heterocycles. The van der Waals surface area contributed by atoms with Crippen molar-refractivity contribution in [1.29, 1.82) is 0 Å². The van der Waals surface area contributed by atoms with Gasteiger partial charge in [-0.25, -0.2) is 4.79 Å². The molecule has 2 heterocycles. The molecule has 26 heavy (non-hydrogen) atoms. The van der Waals surface area contributed by atoms with Crippen LogP contribution in [0, 0.1) is 6.92 Å². The maximum atomic E-state index is 12.1. The Hall–Kier alpha value is -2.61. The van der Waals surface area contributed by atoms with Crippen LogP contribution in [0.2, 0.25) is 0 Å². The predicted octanol–water partition coefficient (Wildman–Crippen LogP) is 0.688. The topological polar surface area (TPSA) is 99.8 Å². The van der Waals surface area contributed by atoms with Gasteiger partial charge in [0.05, 0.1) is 5.69 Å². The van der Waals surface area contributed by atoms with Gasteiger partial charge in [0.1, 0.15) is 5.75 Å². The zero-order chi connectivity index (χ0) is 18.5. The summed E-state index contributed by atoms with van der Waals surface area (Å²) in [6.45, 7) is 3.95. The zero-order valence-corrected chi connectivity index (χ0v) is 14.8. The normalized spacial score (nSPS) is 18.4. The van der Waals surface area contributed by atoms with Crippen LogP contribution in [0.15, 0.2) is 18.2 Å². The van der Waals surface area contributed by atoms with Crippen molar-refractivity contribution in [3.05, 3.63) is 23.8 Å². The van der Waals surface area contributed by atoms with Gasteiger partial charge in [0.2, 0.25) is 5.91 Å². The van der Waals surface area contributed by atoms with Crippen LogP contribution in [0.5, 0.6) is 5.75 Å². The number of imide groups is 1. The minimum atomic E-state index is -0.440. The summed E-state index contributed by atoms with van der Waals surface area (Å²) in [5.41, 5.74) is 1.56. The second kappa shape index (κ2) is 8.18. The van der Waals surface area contributed by atoms with Gasteiger partial charge in [-0.05, 0) is 44.5 Å². The third-order valence-electron chi connectivity index (χ3n) is 4.60. The van der Waals surface area contributed by atoms with Crippen LogP contribution in [0.1, 0.15) is 24.8 Å². The number of rotatable bonds is 5. The van der Waals surface area contributed by atoms with Crippen molar-refractivity contribution in [1.82, 2.24) is 16.0 Å². The first-order chi connectivity index (χ1) is 12.5. The van der Waals surface area contributed by atoms with E-state index in [0.29, 0.717) is 18.0 Å². The summed E-state index contributed by atoms with van der Waals surface area (Å²) < 4.78 is 5.60. The van der Waals surface area contributed by atoms with E-state index in [1.807, 2.05) is 13.0 Å². The fraction of sp³-hybridized carbons (Fsp3) is 0.500. The lowest BCUT2D eigenvalue weighted by atomic mass is 10.1. The Labute approximate surface area is 152 Å². The predicted molar refractivity (Wildman–Crippen MR) is 96.2 cm³/mol. The highest BCUT2D eigenvalue weighted by atomic mass is 16.5. The number of nitrogens with zero attached hydrogens (tertiary/aromatic N) is 1. The van der Waals surface area contributed by atoms with Crippen LogP contribution < -0.4 is 25.6 Å². The molecule has 3 N–H and O–H groups in total. The van der Waals surface area contributed by atoms with Crippen LogP contribution in [0.3, 0.4) is 0 Å². The Morgan fingerprint density at radius 3 is 2.81 bits per heavy atom. The largest absolute Gasteiger partial charge is 0.484 e. The average Bonchev–Trinajstić information content (AvgIpc) is 2.62. The van der Waals surface area contributed by atoms with Crippen molar-refractivity contribution in [2.24, 2.45) is 0 Å². The lowest BCUT2D eigenvalue weighted by Crippen LogP contribution is -2.49. The van der Waals surface area contributed by atoms with E-state index in [1.54, 1.807) is 12.1 Å². The number of benzene rings is 1. The number of hydrogen-bond donors (Lipinski definition) is 3.